The SMILES string of the molecule is N=C=O.c1cc2ccc1Cc1ccc-2cc1. The fourth-order valence-corrected chi connectivity index (χ4v) is 1.87. The molecule has 0 saturated heterocycles. The molecule has 4 aliphatic rings. The predicted octanol–water partition coefficient (Wildman–Crippen LogP) is 3.16. The Bertz CT molecular complexity index is 462. The van der Waals surface area contributed by atoms with Gasteiger partial charge in [-0.1, -0.05) is 48.5 Å². The van der Waals surface area contributed by atoms with Crippen LogP contribution in [0.1, 0.15) is 11.1 Å². The topological polar surface area (TPSA) is 40.9 Å². The summed E-state index contributed by atoms with van der Waals surface area (Å²) in [7, 11) is 0. The second-order valence-electron chi connectivity index (χ2n) is 3.67. The van der Waals surface area contributed by atoms with Crippen molar-refractivity contribution in [3.05, 3.63) is 59.7 Å². The van der Waals surface area contributed by atoms with Gasteiger partial charge in [0.15, 0.2) is 0 Å². The minimum atomic E-state index is 0.750. The number of hydrogen-bond donors (Lipinski definition) is 1. The molecule has 16 heavy (non-hydrogen) atoms. The van der Waals surface area contributed by atoms with Crippen molar-refractivity contribution in [2.75, 3.05) is 0 Å². The minimum Gasteiger partial charge on any atom is -0.222 e. The van der Waals surface area contributed by atoms with Crippen molar-refractivity contribution in [1.82, 2.24) is 0 Å². The van der Waals surface area contributed by atoms with Gasteiger partial charge in [0, 0.05) is 0 Å². The first kappa shape index (κ1) is 10.3. The molecule has 6 rings (SSSR count). The maximum atomic E-state index is 8.35. The van der Waals surface area contributed by atoms with Crippen molar-refractivity contribution in [3.8, 4) is 11.1 Å². The quantitative estimate of drug-likeness (QED) is 0.448. The summed E-state index contributed by atoms with van der Waals surface area (Å²) in [5, 5.41) is 5.40. The first-order chi connectivity index (χ1) is 7.83. The lowest BCUT2D eigenvalue weighted by atomic mass is 10.1. The lowest BCUT2D eigenvalue weighted by Gasteiger charge is -1.98. The summed E-state index contributed by atoms with van der Waals surface area (Å²) in [4.78, 5) is 8.35. The highest BCUT2D eigenvalue weighted by atomic mass is 16.1. The molecule has 2 aromatic rings. The lowest BCUT2D eigenvalue weighted by molar-refractivity contribution is 0.563. The van der Waals surface area contributed by atoms with E-state index in [0.29, 0.717) is 0 Å². The molecule has 0 radical (unpaired) electrons. The molecule has 0 aromatic heterocycles. The second-order valence-corrected chi connectivity index (χ2v) is 3.67. The minimum absolute atomic E-state index is 0.750. The predicted molar refractivity (Wildman–Crippen MR) is 63.1 cm³/mol. The Hall–Kier alpha value is -2.18. The van der Waals surface area contributed by atoms with Gasteiger partial charge in [0.05, 0.1) is 0 Å². The average molecular weight is 209 g/mol. The molecule has 2 nitrogen and oxygen atoms in total. The molecule has 2 aromatic carbocycles. The molecular formula is C14H11NO. The van der Waals surface area contributed by atoms with Crippen LogP contribution in [0.25, 0.3) is 11.1 Å². The molecule has 0 atom stereocenters. The van der Waals surface area contributed by atoms with E-state index < -0.39 is 0 Å². The highest BCUT2D eigenvalue weighted by Gasteiger charge is 2.03. The monoisotopic (exact) mass is 209 g/mol. The van der Waals surface area contributed by atoms with Crippen LogP contribution in [0.3, 0.4) is 0 Å². The number of nitrogens with one attached hydrogen (secondary N) is 1. The van der Waals surface area contributed by atoms with E-state index >= 15 is 0 Å². The van der Waals surface area contributed by atoms with E-state index in [2.05, 4.69) is 48.5 Å². The zero-order chi connectivity index (χ0) is 11.4. The molecule has 0 aliphatic heterocycles. The van der Waals surface area contributed by atoms with Crippen LogP contribution in [0.2, 0.25) is 0 Å². The van der Waals surface area contributed by atoms with Crippen molar-refractivity contribution in [1.29, 1.82) is 5.41 Å². The summed E-state index contributed by atoms with van der Waals surface area (Å²) < 4.78 is 0. The highest BCUT2D eigenvalue weighted by Crippen LogP contribution is 2.24. The summed E-state index contributed by atoms with van der Waals surface area (Å²) in [6, 6.07) is 17.7. The molecule has 0 heterocycles. The summed E-state index contributed by atoms with van der Waals surface area (Å²) in [5.41, 5.74) is 5.43. The molecule has 0 fully saturated rings. The first-order valence-electron chi connectivity index (χ1n) is 5.05. The zero-order valence-electron chi connectivity index (χ0n) is 8.73. The molecule has 78 valence electrons. The molecular weight excluding hydrogens is 198 g/mol. The van der Waals surface area contributed by atoms with Crippen LogP contribution < -0.4 is 0 Å². The third kappa shape index (κ3) is 2.08. The van der Waals surface area contributed by atoms with Crippen molar-refractivity contribution in [2.24, 2.45) is 0 Å². The highest BCUT2D eigenvalue weighted by molar-refractivity contribution is 5.65. The van der Waals surface area contributed by atoms with E-state index in [1.54, 1.807) is 0 Å². The largest absolute Gasteiger partial charge is 0.231 e. The van der Waals surface area contributed by atoms with Gasteiger partial charge in [-0.15, -0.1) is 0 Å². The standard InChI is InChI=1S/C13H10.CHNO/c1-5-12-6-2-10(1)9-11-3-7-13(12)8-4-11;2-1-3/h1-8H,9H2;2H. The molecule has 0 unspecified atom stereocenters. The normalized spacial score (nSPS) is 10.5. The van der Waals surface area contributed by atoms with Gasteiger partial charge >= 0.3 is 0 Å². The number of isocyanates is 1. The van der Waals surface area contributed by atoms with Crippen LogP contribution in [0.15, 0.2) is 48.5 Å². The third-order valence-corrected chi connectivity index (χ3v) is 2.65. The van der Waals surface area contributed by atoms with Gasteiger partial charge in [-0.2, -0.15) is 0 Å². The lowest BCUT2D eigenvalue weighted by Crippen LogP contribution is -1.83. The summed E-state index contributed by atoms with van der Waals surface area (Å²) >= 11 is 0. The van der Waals surface area contributed by atoms with Crippen LogP contribution >= 0.6 is 0 Å². The van der Waals surface area contributed by atoms with Crippen molar-refractivity contribution >= 4 is 6.08 Å². The Morgan fingerprint density at radius 3 is 1.44 bits per heavy atom. The van der Waals surface area contributed by atoms with E-state index in [1.807, 2.05) is 0 Å². The Labute approximate surface area is 94.1 Å². The van der Waals surface area contributed by atoms with Gasteiger partial charge in [-0.25, -0.2) is 10.2 Å². The Morgan fingerprint density at radius 1 is 0.812 bits per heavy atom. The van der Waals surface area contributed by atoms with Gasteiger partial charge < -0.3 is 0 Å². The third-order valence-electron chi connectivity index (χ3n) is 2.65. The van der Waals surface area contributed by atoms with Crippen LogP contribution in [-0.4, -0.2) is 6.08 Å². The van der Waals surface area contributed by atoms with E-state index in [9.17, 15) is 0 Å². The van der Waals surface area contributed by atoms with E-state index in [1.165, 1.54) is 22.3 Å². The molecule has 4 aliphatic carbocycles. The summed E-state index contributed by atoms with van der Waals surface area (Å²) in [5.74, 6) is 0. The Morgan fingerprint density at radius 2 is 1.12 bits per heavy atom. The zero-order valence-corrected chi connectivity index (χ0v) is 8.73. The van der Waals surface area contributed by atoms with Gasteiger partial charge in [0.1, 0.15) is 0 Å². The molecule has 0 spiro atoms. The number of hydrogen-bond acceptors (Lipinski definition) is 2. The number of benzene rings is 2. The molecule has 1 N–H and O–H groups in total. The molecule has 2 heteroatoms. The maximum Gasteiger partial charge on any atom is 0.231 e. The van der Waals surface area contributed by atoms with Crippen LogP contribution in [-0.2, 0) is 11.2 Å². The van der Waals surface area contributed by atoms with E-state index in [0.717, 1.165) is 12.5 Å². The van der Waals surface area contributed by atoms with Gasteiger partial charge in [-0.3, -0.25) is 0 Å². The second kappa shape index (κ2) is 4.56. The Balaban J connectivity index is 0.000000292. The molecule has 0 amide bonds. The van der Waals surface area contributed by atoms with Crippen LogP contribution in [0, 0.1) is 5.41 Å². The summed E-state index contributed by atoms with van der Waals surface area (Å²) in [6.45, 7) is 0. The average Bonchev–Trinajstić information content (AvgIpc) is 2.52. The Kier molecular flexibility index (Phi) is 2.95. The maximum absolute atomic E-state index is 8.35. The van der Waals surface area contributed by atoms with Crippen molar-refractivity contribution in [2.45, 2.75) is 6.42 Å². The first-order valence-corrected chi connectivity index (χ1v) is 5.05. The molecule has 0 saturated carbocycles. The van der Waals surface area contributed by atoms with Crippen molar-refractivity contribution < 1.29 is 4.79 Å². The van der Waals surface area contributed by atoms with Crippen LogP contribution in [0.4, 0.5) is 0 Å². The van der Waals surface area contributed by atoms with Crippen LogP contribution in [0.5, 0.6) is 0 Å². The number of rotatable bonds is 0. The fourth-order valence-electron chi connectivity index (χ4n) is 1.87. The van der Waals surface area contributed by atoms with Crippen molar-refractivity contribution in [3.63, 3.8) is 0 Å². The van der Waals surface area contributed by atoms with E-state index in [-0.39, 0.29) is 0 Å². The van der Waals surface area contributed by atoms with Gasteiger partial charge in [0.2, 0.25) is 6.08 Å². The number of carbonyl (C=O) groups excluding carboxylic acids is 1. The fraction of sp³-hybridized carbons (Fsp3) is 0.0714. The van der Waals surface area contributed by atoms with Gasteiger partial charge in [-0.05, 0) is 28.7 Å². The van der Waals surface area contributed by atoms with Gasteiger partial charge in [0.25, 0.3) is 0 Å². The van der Waals surface area contributed by atoms with E-state index in [4.69, 9.17) is 10.2 Å². The molecule has 4 bridgehead atoms. The smallest absolute Gasteiger partial charge is 0.222 e. The summed E-state index contributed by atoms with van der Waals surface area (Å²) in [6.07, 6.45) is 1.81.